The number of hydrogen-bond donors (Lipinski definition) is 0. The number of cyclic esters (lactones) is 2. The van der Waals surface area contributed by atoms with E-state index in [0.717, 1.165) is 0 Å². The maximum absolute atomic E-state index is 11.2. The Hall–Kier alpha value is -1.65. The molecule has 1 atom stereocenters. The Labute approximate surface area is 87.0 Å². The summed E-state index contributed by atoms with van der Waals surface area (Å²) in [5, 5.41) is 0. The van der Waals surface area contributed by atoms with Crippen molar-refractivity contribution in [2.75, 3.05) is 6.61 Å². The van der Waals surface area contributed by atoms with Crippen molar-refractivity contribution in [3.05, 3.63) is 11.6 Å². The van der Waals surface area contributed by atoms with Crippen LogP contribution in [-0.4, -0.2) is 24.5 Å². The van der Waals surface area contributed by atoms with E-state index in [1.54, 1.807) is 19.9 Å². The van der Waals surface area contributed by atoms with Crippen molar-refractivity contribution in [3.8, 4) is 0 Å². The number of allylic oxidation sites excluding steroid dienone is 1. The third-order valence-electron chi connectivity index (χ3n) is 2.13. The molecule has 0 aliphatic carbocycles. The number of ether oxygens (including phenoxy) is 2. The third-order valence-corrected chi connectivity index (χ3v) is 2.13. The minimum atomic E-state index is -0.647. The Bertz CT molecular complexity index is 329. The molecular formula is C10H12O5. The normalized spacial score (nSPS) is 21.5. The van der Waals surface area contributed by atoms with E-state index >= 15 is 0 Å². The Morgan fingerprint density at radius 1 is 1.60 bits per heavy atom. The van der Waals surface area contributed by atoms with Crippen molar-refractivity contribution >= 4 is 17.9 Å². The lowest BCUT2D eigenvalue weighted by Crippen LogP contribution is -2.18. The van der Waals surface area contributed by atoms with Crippen molar-refractivity contribution in [1.82, 2.24) is 0 Å². The molecule has 5 heteroatoms. The Morgan fingerprint density at radius 3 is 2.73 bits per heavy atom. The largest absolute Gasteiger partial charge is 0.461 e. The van der Waals surface area contributed by atoms with Gasteiger partial charge in [-0.3, -0.25) is 9.59 Å². The van der Waals surface area contributed by atoms with Gasteiger partial charge in [-0.25, -0.2) is 4.79 Å². The van der Waals surface area contributed by atoms with E-state index in [-0.39, 0.29) is 13.0 Å². The van der Waals surface area contributed by atoms with Crippen LogP contribution >= 0.6 is 0 Å². The van der Waals surface area contributed by atoms with Crippen LogP contribution in [-0.2, 0) is 23.9 Å². The van der Waals surface area contributed by atoms with Crippen LogP contribution in [0.4, 0.5) is 0 Å². The molecule has 1 fully saturated rings. The molecule has 5 nitrogen and oxygen atoms in total. The second-order valence-corrected chi connectivity index (χ2v) is 3.26. The highest BCUT2D eigenvalue weighted by Gasteiger charge is 2.34. The summed E-state index contributed by atoms with van der Waals surface area (Å²) < 4.78 is 9.15. The van der Waals surface area contributed by atoms with Crippen LogP contribution in [0.3, 0.4) is 0 Å². The molecule has 0 saturated carbocycles. The van der Waals surface area contributed by atoms with E-state index in [9.17, 15) is 14.4 Å². The maximum Gasteiger partial charge on any atom is 0.333 e. The van der Waals surface area contributed by atoms with Gasteiger partial charge in [-0.1, -0.05) is 6.08 Å². The summed E-state index contributed by atoms with van der Waals surface area (Å²) in [6.07, 6.45) is 1.60. The molecule has 0 aromatic rings. The first kappa shape index (κ1) is 11.4. The first-order valence-electron chi connectivity index (χ1n) is 4.59. The summed E-state index contributed by atoms with van der Waals surface area (Å²) in [4.78, 5) is 32.9. The lowest BCUT2D eigenvalue weighted by molar-refractivity contribution is -0.153. The number of hydrogen-bond acceptors (Lipinski definition) is 5. The second kappa shape index (κ2) is 4.72. The van der Waals surface area contributed by atoms with E-state index < -0.39 is 23.8 Å². The number of rotatable bonds is 3. The fraction of sp³-hybridized carbons (Fsp3) is 0.500. The molecule has 1 unspecified atom stereocenters. The standard InChI is InChI=1S/C10H12O5/c1-3-6(2)9(12)14-5-7-4-8(11)15-10(7)13/h3,7H,4-5H2,1-2H3/b6-3+. The maximum atomic E-state index is 11.2. The third kappa shape index (κ3) is 2.90. The van der Waals surface area contributed by atoms with Gasteiger partial charge in [0.15, 0.2) is 0 Å². The minimum absolute atomic E-state index is 0.0129. The predicted molar refractivity (Wildman–Crippen MR) is 49.6 cm³/mol. The zero-order chi connectivity index (χ0) is 11.4. The molecule has 1 aliphatic heterocycles. The smallest absolute Gasteiger partial charge is 0.333 e. The molecule has 0 spiro atoms. The topological polar surface area (TPSA) is 69.7 Å². The molecule has 1 aliphatic rings. The number of carbonyl (C=O) groups is 3. The highest BCUT2D eigenvalue weighted by molar-refractivity contribution is 5.95. The SMILES string of the molecule is C/C=C(\C)C(=O)OCC1CC(=O)OC1=O. The molecule has 0 aromatic heterocycles. The molecule has 82 valence electrons. The molecule has 0 aromatic carbocycles. The summed E-state index contributed by atoms with van der Waals surface area (Å²) in [5.74, 6) is -2.31. The van der Waals surface area contributed by atoms with E-state index in [2.05, 4.69) is 4.74 Å². The fourth-order valence-electron chi connectivity index (χ4n) is 1.06. The summed E-state index contributed by atoms with van der Waals surface area (Å²) in [7, 11) is 0. The first-order chi connectivity index (χ1) is 7.04. The zero-order valence-corrected chi connectivity index (χ0v) is 8.61. The Morgan fingerprint density at radius 2 is 2.27 bits per heavy atom. The van der Waals surface area contributed by atoms with Gasteiger partial charge in [-0.2, -0.15) is 0 Å². The van der Waals surface area contributed by atoms with Gasteiger partial charge in [0.1, 0.15) is 12.5 Å². The van der Waals surface area contributed by atoms with Crippen LogP contribution in [0, 0.1) is 5.92 Å². The van der Waals surface area contributed by atoms with Crippen LogP contribution < -0.4 is 0 Å². The quantitative estimate of drug-likeness (QED) is 0.389. The molecule has 0 amide bonds. The van der Waals surface area contributed by atoms with E-state index in [1.807, 2.05) is 0 Å². The molecule has 1 heterocycles. The lowest BCUT2D eigenvalue weighted by atomic mass is 10.1. The summed E-state index contributed by atoms with van der Waals surface area (Å²) in [5.41, 5.74) is 0.465. The fourth-order valence-corrected chi connectivity index (χ4v) is 1.06. The Kier molecular flexibility index (Phi) is 3.60. The van der Waals surface area contributed by atoms with Gasteiger partial charge in [0.25, 0.3) is 0 Å². The number of esters is 3. The van der Waals surface area contributed by atoms with Crippen LogP contribution in [0.5, 0.6) is 0 Å². The predicted octanol–water partition coefficient (Wildman–Crippen LogP) is 0.585. The van der Waals surface area contributed by atoms with Gasteiger partial charge in [0, 0.05) is 5.57 Å². The highest BCUT2D eigenvalue weighted by atomic mass is 16.6. The summed E-state index contributed by atoms with van der Waals surface area (Å²) in [6, 6.07) is 0. The minimum Gasteiger partial charge on any atom is -0.461 e. The van der Waals surface area contributed by atoms with Crippen LogP contribution in [0.2, 0.25) is 0 Å². The first-order valence-corrected chi connectivity index (χ1v) is 4.59. The monoisotopic (exact) mass is 212 g/mol. The average molecular weight is 212 g/mol. The van der Waals surface area contributed by atoms with E-state index in [4.69, 9.17) is 4.74 Å². The Balaban J connectivity index is 2.41. The van der Waals surface area contributed by atoms with Gasteiger partial charge in [0.2, 0.25) is 0 Å². The summed E-state index contributed by atoms with van der Waals surface area (Å²) in [6.45, 7) is 3.22. The van der Waals surface area contributed by atoms with Crippen LogP contribution in [0.25, 0.3) is 0 Å². The molecule has 0 radical (unpaired) electrons. The van der Waals surface area contributed by atoms with Gasteiger partial charge in [-0.15, -0.1) is 0 Å². The van der Waals surface area contributed by atoms with Crippen molar-refractivity contribution in [3.63, 3.8) is 0 Å². The van der Waals surface area contributed by atoms with E-state index in [0.29, 0.717) is 5.57 Å². The molecule has 0 N–H and O–H groups in total. The van der Waals surface area contributed by atoms with Crippen molar-refractivity contribution in [2.24, 2.45) is 5.92 Å². The van der Waals surface area contributed by atoms with Crippen LogP contribution in [0.15, 0.2) is 11.6 Å². The molecule has 1 saturated heterocycles. The zero-order valence-electron chi connectivity index (χ0n) is 8.61. The van der Waals surface area contributed by atoms with Crippen molar-refractivity contribution in [2.45, 2.75) is 20.3 Å². The van der Waals surface area contributed by atoms with Gasteiger partial charge in [0.05, 0.1) is 6.42 Å². The summed E-state index contributed by atoms with van der Waals surface area (Å²) >= 11 is 0. The molecule has 0 bridgehead atoms. The van der Waals surface area contributed by atoms with Gasteiger partial charge < -0.3 is 9.47 Å². The molecule has 1 rings (SSSR count). The van der Waals surface area contributed by atoms with Crippen molar-refractivity contribution in [1.29, 1.82) is 0 Å². The molecular weight excluding hydrogens is 200 g/mol. The van der Waals surface area contributed by atoms with E-state index in [1.165, 1.54) is 0 Å². The average Bonchev–Trinajstić information content (AvgIpc) is 2.52. The second-order valence-electron chi connectivity index (χ2n) is 3.26. The number of carbonyl (C=O) groups excluding carboxylic acids is 3. The van der Waals surface area contributed by atoms with Crippen LogP contribution in [0.1, 0.15) is 20.3 Å². The highest BCUT2D eigenvalue weighted by Crippen LogP contribution is 2.16. The van der Waals surface area contributed by atoms with Crippen molar-refractivity contribution < 1.29 is 23.9 Å². The van der Waals surface area contributed by atoms with Gasteiger partial charge >= 0.3 is 17.9 Å². The van der Waals surface area contributed by atoms with Gasteiger partial charge in [-0.05, 0) is 13.8 Å². The molecule has 15 heavy (non-hydrogen) atoms. The lowest BCUT2D eigenvalue weighted by Gasteiger charge is -2.06.